The monoisotopic (exact) mass is 408 g/mol. The second kappa shape index (κ2) is 7.42. The lowest BCUT2D eigenvalue weighted by atomic mass is 9.98. The Morgan fingerprint density at radius 2 is 2.23 bits per heavy atom. The molecule has 1 N–H and O–H groups in total. The molecule has 1 aromatic rings. The van der Waals surface area contributed by atoms with E-state index in [1.165, 1.54) is 15.6 Å². The van der Waals surface area contributed by atoms with Crippen LogP contribution in [-0.4, -0.2) is 38.3 Å². The van der Waals surface area contributed by atoms with Gasteiger partial charge in [-0.05, 0) is 46.8 Å². The van der Waals surface area contributed by atoms with E-state index in [-0.39, 0.29) is 18.4 Å². The molecule has 1 aromatic heterocycles. The van der Waals surface area contributed by atoms with Gasteiger partial charge in [0.05, 0.1) is 9.70 Å². The van der Waals surface area contributed by atoms with Crippen LogP contribution in [0.5, 0.6) is 0 Å². The molecule has 1 unspecified atom stereocenters. The summed E-state index contributed by atoms with van der Waals surface area (Å²) in [6.45, 7) is 5.44. The van der Waals surface area contributed by atoms with Crippen molar-refractivity contribution in [2.75, 3.05) is 19.6 Å². The molecule has 2 rings (SSSR count). The van der Waals surface area contributed by atoms with Crippen LogP contribution in [-0.2, 0) is 14.8 Å². The SMILES string of the molecule is CC(C)CNC(=O)C1CCCN(S(=O)(=O)c2ccc(Br)s2)C1. The molecular weight excluding hydrogens is 388 g/mol. The summed E-state index contributed by atoms with van der Waals surface area (Å²) < 4.78 is 27.8. The Kier molecular flexibility index (Phi) is 6.04. The molecule has 0 aromatic carbocycles. The number of rotatable bonds is 5. The van der Waals surface area contributed by atoms with Crippen molar-refractivity contribution in [1.29, 1.82) is 0 Å². The topological polar surface area (TPSA) is 66.5 Å². The van der Waals surface area contributed by atoms with Crippen LogP contribution in [0.25, 0.3) is 0 Å². The van der Waals surface area contributed by atoms with E-state index < -0.39 is 10.0 Å². The number of carbonyl (C=O) groups excluding carboxylic acids is 1. The molecule has 1 aliphatic rings. The zero-order valence-corrected chi connectivity index (χ0v) is 15.9. The minimum absolute atomic E-state index is 0.0408. The summed E-state index contributed by atoms with van der Waals surface area (Å²) in [6, 6.07) is 3.33. The molecule has 5 nitrogen and oxygen atoms in total. The third-order valence-electron chi connectivity index (χ3n) is 3.58. The number of nitrogens with one attached hydrogen (secondary N) is 1. The molecule has 1 fully saturated rings. The van der Waals surface area contributed by atoms with Crippen LogP contribution in [0.4, 0.5) is 0 Å². The zero-order valence-electron chi connectivity index (χ0n) is 12.7. The first-order chi connectivity index (χ1) is 10.3. The van der Waals surface area contributed by atoms with Gasteiger partial charge in [-0.3, -0.25) is 4.79 Å². The smallest absolute Gasteiger partial charge is 0.252 e. The molecule has 0 bridgehead atoms. The Hall–Kier alpha value is -0.440. The first-order valence-electron chi connectivity index (χ1n) is 7.34. The van der Waals surface area contributed by atoms with Crippen LogP contribution in [0.15, 0.2) is 20.1 Å². The number of hydrogen-bond donors (Lipinski definition) is 1. The van der Waals surface area contributed by atoms with Gasteiger partial charge in [0.15, 0.2) is 0 Å². The fourth-order valence-corrected chi connectivity index (χ4v) is 6.08. The minimum Gasteiger partial charge on any atom is -0.356 e. The second-order valence-electron chi connectivity index (χ2n) is 5.90. The summed E-state index contributed by atoms with van der Waals surface area (Å²) in [7, 11) is -3.50. The van der Waals surface area contributed by atoms with Gasteiger partial charge in [0.25, 0.3) is 10.0 Å². The largest absolute Gasteiger partial charge is 0.356 e. The van der Waals surface area contributed by atoms with Gasteiger partial charge >= 0.3 is 0 Å². The maximum absolute atomic E-state index is 12.6. The minimum atomic E-state index is -3.50. The third kappa shape index (κ3) is 4.31. The highest BCUT2D eigenvalue weighted by Crippen LogP contribution is 2.30. The number of amides is 1. The molecular formula is C14H21BrN2O3S2. The number of carbonyl (C=O) groups is 1. The molecule has 0 spiro atoms. The molecule has 0 aliphatic carbocycles. The van der Waals surface area contributed by atoms with Crippen molar-refractivity contribution in [3.63, 3.8) is 0 Å². The molecule has 22 heavy (non-hydrogen) atoms. The van der Waals surface area contributed by atoms with Gasteiger partial charge in [0, 0.05) is 19.6 Å². The number of piperidine rings is 1. The first-order valence-corrected chi connectivity index (χ1v) is 10.4. The van der Waals surface area contributed by atoms with Gasteiger partial charge in [-0.1, -0.05) is 13.8 Å². The lowest BCUT2D eigenvalue weighted by Crippen LogP contribution is -2.45. The Labute approximate surface area is 144 Å². The van der Waals surface area contributed by atoms with Gasteiger partial charge in [0.1, 0.15) is 4.21 Å². The van der Waals surface area contributed by atoms with Crippen LogP contribution < -0.4 is 5.32 Å². The Balaban J connectivity index is 2.05. The summed E-state index contributed by atoms with van der Waals surface area (Å²) >= 11 is 4.49. The predicted molar refractivity (Wildman–Crippen MR) is 91.3 cm³/mol. The van der Waals surface area contributed by atoms with Gasteiger partial charge in [0.2, 0.25) is 5.91 Å². The van der Waals surface area contributed by atoms with Crippen molar-refractivity contribution in [3.05, 3.63) is 15.9 Å². The Morgan fingerprint density at radius 3 is 2.82 bits per heavy atom. The van der Waals surface area contributed by atoms with Gasteiger partial charge < -0.3 is 5.32 Å². The molecule has 0 saturated carbocycles. The Morgan fingerprint density at radius 1 is 1.50 bits per heavy atom. The highest BCUT2D eigenvalue weighted by atomic mass is 79.9. The Bertz CT molecular complexity index is 628. The standard InChI is InChI=1S/C14H21BrN2O3S2/c1-10(2)8-16-14(18)11-4-3-7-17(9-11)22(19,20)13-6-5-12(15)21-13/h5-6,10-11H,3-4,7-9H2,1-2H3,(H,16,18). The maximum atomic E-state index is 12.6. The van der Waals surface area contributed by atoms with E-state index in [4.69, 9.17) is 0 Å². The number of halogens is 1. The van der Waals surface area contributed by atoms with Gasteiger partial charge in [-0.25, -0.2) is 8.42 Å². The quantitative estimate of drug-likeness (QED) is 0.813. The summed E-state index contributed by atoms with van der Waals surface area (Å²) in [5, 5.41) is 2.90. The molecule has 1 atom stereocenters. The highest BCUT2D eigenvalue weighted by Gasteiger charge is 2.33. The first kappa shape index (κ1) is 17.9. The average Bonchev–Trinajstić information content (AvgIpc) is 2.92. The molecule has 0 radical (unpaired) electrons. The van der Waals surface area contributed by atoms with E-state index in [2.05, 4.69) is 21.2 Å². The van der Waals surface area contributed by atoms with Crippen LogP contribution in [0.1, 0.15) is 26.7 Å². The van der Waals surface area contributed by atoms with Crippen molar-refractivity contribution in [3.8, 4) is 0 Å². The third-order valence-corrected chi connectivity index (χ3v) is 7.54. The molecule has 1 saturated heterocycles. The zero-order chi connectivity index (χ0) is 16.3. The normalized spacial score (nSPS) is 20.3. The molecule has 2 heterocycles. The second-order valence-corrected chi connectivity index (χ2v) is 10.5. The summed E-state index contributed by atoms with van der Waals surface area (Å²) in [5.41, 5.74) is 0. The fourth-order valence-electron chi connectivity index (χ4n) is 2.39. The number of nitrogens with zero attached hydrogens (tertiary/aromatic N) is 1. The summed E-state index contributed by atoms with van der Waals surface area (Å²) in [4.78, 5) is 12.2. The van der Waals surface area contributed by atoms with E-state index in [0.29, 0.717) is 29.6 Å². The number of thiophene rings is 1. The van der Waals surface area contributed by atoms with Crippen LogP contribution in [0, 0.1) is 11.8 Å². The fraction of sp³-hybridized carbons (Fsp3) is 0.643. The van der Waals surface area contributed by atoms with E-state index in [1.54, 1.807) is 12.1 Å². The van der Waals surface area contributed by atoms with E-state index in [9.17, 15) is 13.2 Å². The predicted octanol–water partition coefficient (Wildman–Crippen LogP) is 2.68. The van der Waals surface area contributed by atoms with Crippen molar-refractivity contribution >= 4 is 43.2 Å². The van der Waals surface area contributed by atoms with Crippen molar-refractivity contribution in [1.82, 2.24) is 9.62 Å². The maximum Gasteiger partial charge on any atom is 0.252 e. The summed E-state index contributed by atoms with van der Waals surface area (Å²) in [5.74, 6) is 0.0856. The molecule has 8 heteroatoms. The lowest BCUT2D eigenvalue weighted by Gasteiger charge is -2.31. The van der Waals surface area contributed by atoms with Gasteiger partial charge in [-0.2, -0.15) is 4.31 Å². The van der Waals surface area contributed by atoms with Gasteiger partial charge in [-0.15, -0.1) is 11.3 Å². The van der Waals surface area contributed by atoms with Crippen molar-refractivity contribution in [2.24, 2.45) is 11.8 Å². The highest BCUT2D eigenvalue weighted by molar-refractivity contribution is 9.11. The molecule has 1 amide bonds. The molecule has 1 aliphatic heterocycles. The van der Waals surface area contributed by atoms with E-state index >= 15 is 0 Å². The lowest BCUT2D eigenvalue weighted by molar-refractivity contribution is -0.126. The van der Waals surface area contributed by atoms with Crippen LogP contribution >= 0.6 is 27.3 Å². The number of sulfonamides is 1. The van der Waals surface area contributed by atoms with Crippen molar-refractivity contribution in [2.45, 2.75) is 30.9 Å². The average molecular weight is 409 g/mol. The van der Waals surface area contributed by atoms with E-state index in [0.717, 1.165) is 10.2 Å². The molecule has 124 valence electrons. The number of hydrogen-bond acceptors (Lipinski definition) is 4. The van der Waals surface area contributed by atoms with Crippen molar-refractivity contribution < 1.29 is 13.2 Å². The van der Waals surface area contributed by atoms with Crippen LogP contribution in [0.3, 0.4) is 0 Å². The van der Waals surface area contributed by atoms with E-state index in [1.807, 2.05) is 13.8 Å². The van der Waals surface area contributed by atoms with Crippen LogP contribution in [0.2, 0.25) is 0 Å². The summed E-state index contributed by atoms with van der Waals surface area (Å²) in [6.07, 6.45) is 1.45.